The Balaban J connectivity index is 2.05. The molecule has 1 fully saturated rings. The van der Waals surface area contributed by atoms with E-state index >= 15 is 0 Å². The van der Waals surface area contributed by atoms with Gasteiger partial charge >= 0.3 is 0 Å². The summed E-state index contributed by atoms with van der Waals surface area (Å²) in [7, 11) is -1.96. The Hall–Kier alpha value is -1.44. The molecule has 128 valence electrons. The minimum atomic E-state index is -3.54. The number of hydrogen-bond acceptors (Lipinski definition) is 4. The standard InChI is InChI=1S/C16H24N2O4S/c1-13(12-22-2)17-16(19)14-7-6-10-18(11-14)23(20,21)15-8-4-3-5-9-15/h3-5,8-9,13-14H,6-7,10-12H2,1-2H3,(H,17,19)/t13-,14-/m0/s1. The van der Waals surface area contributed by atoms with Gasteiger partial charge in [-0.25, -0.2) is 8.42 Å². The van der Waals surface area contributed by atoms with E-state index in [-0.39, 0.29) is 29.3 Å². The number of benzene rings is 1. The maximum atomic E-state index is 12.7. The van der Waals surface area contributed by atoms with Crippen LogP contribution >= 0.6 is 0 Å². The van der Waals surface area contributed by atoms with Crippen LogP contribution in [0.1, 0.15) is 19.8 Å². The highest BCUT2D eigenvalue weighted by Crippen LogP contribution is 2.23. The molecule has 0 aromatic heterocycles. The largest absolute Gasteiger partial charge is 0.383 e. The molecule has 0 saturated carbocycles. The number of amides is 1. The molecule has 2 rings (SSSR count). The van der Waals surface area contributed by atoms with Crippen LogP contribution in [0.2, 0.25) is 0 Å². The first-order chi connectivity index (χ1) is 10.9. The van der Waals surface area contributed by atoms with E-state index in [1.807, 2.05) is 6.92 Å². The number of rotatable bonds is 6. The Morgan fingerprint density at radius 3 is 2.74 bits per heavy atom. The maximum absolute atomic E-state index is 12.7. The first kappa shape index (κ1) is 17.9. The van der Waals surface area contributed by atoms with Crippen molar-refractivity contribution in [2.75, 3.05) is 26.8 Å². The average Bonchev–Trinajstić information content (AvgIpc) is 2.56. The van der Waals surface area contributed by atoms with Gasteiger partial charge in [0.15, 0.2) is 0 Å². The Morgan fingerprint density at radius 1 is 1.39 bits per heavy atom. The van der Waals surface area contributed by atoms with Gasteiger partial charge < -0.3 is 10.1 Å². The lowest BCUT2D eigenvalue weighted by atomic mass is 9.98. The smallest absolute Gasteiger partial charge is 0.243 e. The summed E-state index contributed by atoms with van der Waals surface area (Å²) in [5.74, 6) is -0.427. The van der Waals surface area contributed by atoms with Crippen LogP contribution in [0.25, 0.3) is 0 Å². The van der Waals surface area contributed by atoms with E-state index in [0.29, 0.717) is 26.0 Å². The Kier molecular flexibility index (Phi) is 6.15. The number of hydrogen-bond donors (Lipinski definition) is 1. The molecule has 0 aliphatic carbocycles. The van der Waals surface area contributed by atoms with Crippen molar-refractivity contribution in [3.05, 3.63) is 30.3 Å². The van der Waals surface area contributed by atoms with Gasteiger partial charge in [0.2, 0.25) is 15.9 Å². The molecule has 1 amide bonds. The van der Waals surface area contributed by atoms with Gasteiger partial charge in [0.05, 0.1) is 17.4 Å². The molecule has 6 nitrogen and oxygen atoms in total. The van der Waals surface area contributed by atoms with Crippen LogP contribution in [-0.4, -0.2) is 51.5 Å². The molecule has 1 aliphatic heterocycles. The molecule has 0 unspecified atom stereocenters. The zero-order valence-electron chi connectivity index (χ0n) is 13.6. The molecule has 1 aromatic carbocycles. The highest BCUT2D eigenvalue weighted by atomic mass is 32.2. The van der Waals surface area contributed by atoms with E-state index in [1.165, 1.54) is 4.31 Å². The predicted molar refractivity (Wildman–Crippen MR) is 87.4 cm³/mol. The van der Waals surface area contributed by atoms with E-state index in [9.17, 15) is 13.2 Å². The monoisotopic (exact) mass is 340 g/mol. The number of carbonyl (C=O) groups is 1. The molecule has 1 N–H and O–H groups in total. The van der Waals surface area contributed by atoms with Gasteiger partial charge in [-0.15, -0.1) is 0 Å². The number of carbonyl (C=O) groups excluding carboxylic acids is 1. The topological polar surface area (TPSA) is 75.7 Å². The fraction of sp³-hybridized carbons (Fsp3) is 0.562. The number of nitrogens with one attached hydrogen (secondary N) is 1. The third-order valence-corrected chi connectivity index (χ3v) is 5.82. The number of ether oxygens (including phenoxy) is 1. The molecular weight excluding hydrogens is 316 g/mol. The van der Waals surface area contributed by atoms with Crippen molar-refractivity contribution in [2.45, 2.75) is 30.7 Å². The van der Waals surface area contributed by atoms with Gasteiger partial charge in [-0.3, -0.25) is 4.79 Å². The molecule has 7 heteroatoms. The SMILES string of the molecule is COC[C@H](C)NC(=O)[C@H]1CCCN(S(=O)(=O)c2ccccc2)C1. The van der Waals surface area contributed by atoms with Crippen LogP contribution < -0.4 is 5.32 Å². The molecule has 1 aromatic rings. The lowest BCUT2D eigenvalue weighted by Gasteiger charge is -2.31. The molecule has 0 radical (unpaired) electrons. The number of sulfonamides is 1. The first-order valence-electron chi connectivity index (χ1n) is 7.79. The summed E-state index contributed by atoms with van der Waals surface area (Å²) in [5, 5.41) is 2.88. The van der Waals surface area contributed by atoms with Gasteiger partial charge in [0, 0.05) is 26.2 Å². The van der Waals surface area contributed by atoms with Crippen molar-refractivity contribution >= 4 is 15.9 Å². The number of nitrogens with zero attached hydrogens (tertiary/aromatic N) is 1. The van der Waals surface area contributed by atoms with E-state index in [2.05, 4.69) is 5.32 Å². The Labute approximate surface area is 137 Å². The summed E-state index contributed by atoms with van der Waals surface area (Å²) in [6.45, 7) is 2.98. The molecule has 0 spiro atoms. The van der Waals surface area contributed by atoms with Gasteiger partial charge in [0.1, 0.15) is 0 Å². The van der Waals surface area contributed by atoms with E-state index in [1.54, 1.807) is 37.4 Å². The molecule has 2 atom stereocenters. The van der Waals surface area contributed by atoms with Crippen LogP contribution in [0.4, 0.5) is 0 Å². The van der Waals surface area contributed by atoms with Crippen LogP contribution in [0, 0.1) is 5.92 Å². The minimum Gasteiger partial charge on any atom is -0.383 e. The van der Waals surface area contributed by atoms with Gasteiger partial charge in [-0.05, 0) is 31.9 Å². The summed E-state index contributed by atoms with van der Waals surface area (Å²) in [6.07, 6.45) is 1.38. The van der Waals surface area contributed by atoms with Gasteiger partial charge in [-0.2, -0.15) is 4.31 Å². The highest BCUT2D eigenvalue weighted by Gasteiger charge is 2.33. The third-order valence-electron chi connectivity index (χ3n) is 3.94. The molecular formula is C16H24N2O4S. The summed E-state index contributed by atoms with van der Waals surface area (Å²) in [6, 6.07) is 8.26. The number of piperidine rings is 1. The average molecular weight is 340 g/mol. The third kappa shape index (κ3) is 4.53. The number of methoxy groups -OCH3 is 1. The second-order valence-electron chi connectivity index (χ2n) is 5.88. The normalized spacial score (nSPS) is 20.9. The fourth-order valence-corrected chi connectivity index (χ4v) is 4.31. The first-order valence-corrected chi connectivity index (χ1v) is 9.23. The second kappa shape index (κ2) is 7.90. The van der Waals surface area contributed by atoms with Crippen molar-refractivity contribution < 1.29 is 17.9 Å². The molecule has 1 heterocycles. The second-order valence-corrected chi connectivity index (χ2v) is 7.82. The minimum absolute atomic E-state index is 0.0893. The highest BCUT2D eigenvalue weighted by molar-refractivity contribution is 7.89. The Morgan fingerprint density at radius 2 is 2.09 bits per heavy atom. The Bertz CT molecular complexity index is 618. The van der Waals surface area contributed by atoms with Gasteiger partial charge in [0.25, 0.3) is 0 Å². The van der Waals surface area contributed by atoms with E-state index in [0.717, 1.165) is 0 Å². The van der Waals surface area contributed by atoms with E-state index in [4.69, 9.17) is 4.74 Å². The summed E-state index contributed by atoms with van der Waals surface area (Å²) >= 11 is 0. The van der Waals surface area contributed by atoms with Crippen LogP contribution in [0.15, 0.2) is 35.2 Å². The quantitative estimate of drug-likeness (QED) is 0.845. The van der Waals surface area contributed by atoms with Crippen LogP contribution in [-0.2, 0) is 19.6 Å². The van der Waals surface area contributed by atoms with Crippen molar-refractivity contribution in [3.63, 3.8) is 0 Å². The zero-order valence-corrected chi connectivity index (χ0v) is 14.4. The van der Waals surface area contributed by atoms with E-state index < -0.39 is 10.0 Å². The molecule has 0 bridgehead atoms. The van der Waals surface area contributed by atoms with Crippen molar-refractivity contribution in [1.82, 2.24) is 9.62 Å². The lowest BCUT2D eigenvalue weighted by molar-refractivity contribution is -0.127. The van der Waals surface area contributed by atoms with Crippen LogP contribution in [0.5, 0.6) is 0 Å². The van der Waals surface area contributed by atoms with Crippen molar-refractivity contribution in [3.8, 4) is 0 Å². The van der Waals surface area contributed by atoms with Crippen molar-refractivity contribution in [1.29, 1.82) is 0 Å². The summed E-state index contributed by atoms with van der Waals surface area (Å²) < 4.78 is 31.7. The van der Waals surface area contributed by atoms with Crippen LogP contribution in [0.3, 0.4) is 0 Å². The molecule has 23 heavy (non-hydrogen) atoms. The summed E-state index contributed by atoms with van der Waals surface area (Å²) in [4.78, 5) is 12.6. The fourth-order valence-electron chi connectivity index (χ4n) is 2.77. The van der Waals surface area contributed by atoms with Gasteiger partial charge in [-0.1, -0.05) is 18.2 Å². The van der Waals surface area contributed by atoms with Crippen molar-refractivity contribution in [2.24, 2.45) is 5.92 Å². The maximum Gasteiger partial charge on any atom is 0.243 e. The summed E-state index contributed by atoms with van der Waals surface area (Å²) in [5.41, 5.74) is 0. The molecule has 1 saturated heterocycles. The predicted octanol–water partition coefficient (Wildman–Crippen LogP) is 1.24. The zero-order chi connectivity index (χ0) is 16.9. The molecule has 1 aliphatic rings. The lowest BCUT2D eigenvalue weighted by Crippen LogP contribution is -2.47.